The number of hydrogen-bond donors (Lipinski definition) is 1. The Labute approximate surface area is 94.0 Å². The minimum Gasteiger partial charge on any atom is -0.481 e. The van der Waals surface area contributed by atoms with Gasteiger partial charge in [-0.15, -0.1) is 0 Å². The summed E-state index contributed by atoms with van der Waals surface area (Å²) in [6.45, 7) is 1.51. The van der Waals surface area contributed by atoms with Crippen molar-refractivity contribution in [3.05, 3.63) is 17.5 Å². The van der Waals surface area contributed by atoms with Crippen LogP contribution in [0.15, 0.2) is 6.20 Å². The molecule has 0 saturated carbocycles. The molecule has 1 fully saturated rings. The van der Waals surface area contributed by atoms with Gasteiger partial charge in [-0.25, -0.2) is 0 Å². The Kier molecular flexibility index (Phi) is 3.24. The van der Waals surface area contributed by atoms with Gasteiger partial charge in [0.05, 0.1) is 18.3 Å². The highest BCUT2D eigenvalue weighted by molar-refractivity contribution is 5.70. The first-order chi connectivity index (χ1) is 7.68. The molecular weight excluding hydrogens is 208 g/mol. The van der Waals surface area contributed by atoms with Crippen molar-refractivity contribution < 1.29 is 14.6 Å². The molecule has 1 aliphatic rings. The zero-order chi connectivity index (χ0) is 11.5. The molecule has 5 nitrogen and oxygen atoms in total. The van der Waals surface area contributed by atoms with Crippen LogP contribution in [0, 0.1) is 0 Å². The standard InChI is InChI=1S/C11H16N2O3/c1-13-10(6-11(14)15)9(7-12-13)8-2-4-16-5-3-8/h7-8H,2-6H2,1H3,(H,14,15). The highest BCUT2D eigenvalue weighted by Gasteiger charge is 2.22. The zero-order valence-electron chi connectivity index (χ0n) is 9.35. The number of hydrogen-bond acceptors (Lipinski definition) is 3. The quantitative estimate of drug-likeness (QED) is 0.830. The van der Waals surface area contributed by atoms with Crippen LogP contribution in [0.25, 0.3) is 0 Å². The molecule has 0 amide bonds. The second-order valence-electron chi connectivity index (χ2n) is 4.13. The summed E-state index contributed by atoms with van der Waals surface area (Å²) in [6, 6.07) is 0. The topological polar surface area (TPSA) is 64.4 Å². The van der Waals surface area contributed by atoms with Crippen molar-refractivity contribution in [1.29, 1.82) is 0 Å². The van der Waals surface area contributed by atoms with Gasteiger partial charge in [0.2, 0.25) is 0 Å². The number of carbonyl (C=O) groups is 1. The first kappa shape index (κ1) is 11.1. The van der Waals surface area contributed by atoms with Crippen LogP contribution in [0.4, 0.5) is 0 Å². The maximum absolute atomic E-state index is 10.8. The molecule has 0 aromatic carbocycles. The number of aliphatic carboxylic acids is 1. The van der Waals surface area contributed by atoms with Gasteiger partial charge >= 0.3 is 5.97 Å². The molecule has 0 spiro atoms. The fourth-order valence-corrected chi connectivity index (χ4v) is 2.19. The second kappa shape index (κ2) is 4.65. The summed E-state index contributed by atoms with van der Waals surface area (Å²) >= 11 is 0. The molecular formula is C11H16N2O3. The normalized spacial score (nSPS) is 17.6. The predicted molar refractivity (Wildman–Crippen MR) is 57.3 cm³/mol. The van der Waals surface area contributed by atoms with Crippen molar-refractivity contribution >= 4 is 5.97 Å². The number of aryl methyl sites for hydroxylation is 1. The van der Waals surface area contributed by atoms with Gasteiger partial charge in [-0.1, -0.05) is 0 Å². The Bertz CT molecular complexity index is 381. The first-order valence-corrected chi connectivity index (χ1v) is 5.49. The van der Waals surface area contributed by atoms with Crippen LogP contribution in [-0.2, 0) is 23.0 Å². The molecule has 2 rings (SSSR count). The smallest absolute Gasteiger partial charge is 0.309 e. The maximum Gasteiger partial charge on any atom is 0.309 e. The lowest BCUT2D eigenvalue weighted by Gasteiger charge is -2.22. The first-order valence-electron chi connectivity index (χ1n) is 5.49. The minimum absolute atomic E-state index is 0.0448. The Hall–Kier alpha value is -1.36. The summed E-state index contributed by atoms with van der Waals surface area (Å²) in [5.41, 5.74) is 1.90. The molecule has 1 aliphatic heterocycles. The van der Waals surface area contributed by atoms with Crippen molar-refractivity contribution in [1.82, 2.24) is 9.78 Å². The van der Waals surface area contributed by atoms with Crippen LogP contribution in [0.5, 0.6) is 0 Å². The summed E-state index contributed by atoms with van der Waals surface area (Å²) in [5, 5.41) is 13.0. The third-order valence-corrected chi connectivity index (χ3v) is 3.07. The Morgan fingerprint density at radius 2 is 2.31 bits per heavy atom. The number of ether oxygens (including phenoxy) is 1. The van der Waals surface area contributed by atoms with Crippen LogP contribution in [-0.4, -0.2) is 34.1 Å². The molecule has 2 heterocycles. The third-order valence-electron chi connectivity index (χ3n) is 3.07. The number of nitrogens with zero attached hydrogens (tertiary/aromatic N) is 2. The van der Waals surface area contributed by atoms with E-state index in [1.54, 1.807) is 17.9 Å². The van der Waals surface area contributed by atoms with Gasteiger partial charge in [0.1, 0.15) is 0 Å². The number of carboxylic acid groups (broad SMARTS) is 1. The van der Waals surface area contributed by atoms with E-state index in [-0.39, 0.29) is 6.42 Å². The number of rotatable bonds is 3. The van der Waals surface area contributed by atoms with E-state index in [2.05, 4.69) is 5.10 Å². The Balaban J connectivity index is 2.22. The second-order valence-corrected chi connectivity index (χ2v) is 4.13. The lowest BCUT2D eigenvalue weighted by atomic mass is 9.91. The van der Waals surface area contributed by atoms with Gasteiger partial charge < -0.3 is 9.84 Å². The van der Waals surface area contributed by atoms with E-state index in [0.717, 1.165) is 37.3 Å². The van der Waals surface area contributed by atoms with Gasteiger partial charge in [0.25, 0.3) is 0 Å². The highest BCUT2D eigenvalue weighted by atomic mass is 16.5. The van der Waals surface area contributed by atoms with Gasteiger partial charge in [-0.3, -0.25) is 9.48 Å². The van der Waals surface area contributed by atoms with E-state index in [0.29, 0.717) is 5.92 Å². The largest absolute Gasteiger partial charge is 0.481 e. The molecule has 88 valence electrons. The molecule has 1 aromatic heterocycles. The predicted octanol–water partition coefficient (Wildman–Crippen LogP) is 0.941. The molecule has 0 aliphatic carbocycles. The van der Waals surface area contributed by atoms with Crippen LogP contribution < -0.4 is 0 Å². The van der Waals surface area contributed by atoms with Crippen molar-refractivity contribution in [3.63, 3.8) is 0 Å². The summed E-state index contributed by atoms with van der Waals surface area (Å²) in [4.78, 5) is 10.8. The van der Waals surface area contributed by atoms with E-state index in [9.17, 15) is 4.79 Å². The number of aromatic nitrogens is 2. The van der Waals surface area contributed by atoms with E-state index in [1.165, 1.54) is 0 Å². The molecule has 5 heteroatoms. The SMILES string of the molecule is Cn1ncc(C2CCOCC2)c1CC(=O)O. The molecule has 1 N–H and O–H groups in total. The lowest BCUT2D eigenvalue weighted by molar-refractivity contribution is -0.136. The van der Waals surface area contributed by atoms with Crippen LogP contribution in [0.2, 0.25) is 0 Å². The summed E-state index contributed by atoms with van der Waals surface area (Å²) in [7, 11) is 1.79. The maximum atomic E-state index is 10.8. The summed E-state index contributed by atoms with van der Waals surface area (Å²) in [5.74, 6) is -0.409. The van der Waals surface area contributed by atoms with Gasteiger partial charge in [0.15, 0.2) is 0 Å². The average Bonchev–Trinajstić information content (AvgIpc) is 2.61. The van der Waals surface area contributed by atoms with E-state index < -0.39 is 5.97 Å². The zero-order valence-corrected chi connectivity index (χ0v) is 9.35. The Morgan fingerprint density at radius 3 is 2.94 bits per heavy atom. The van der Waals surface area contributed by atoms with E-state index in [1.807, 2.05) is 0 Å². The summed E-state index contributed by atoms with van der Waals surface area (Å²) in [6.07, 6.45) is 3.76. The molecule has 1 saturated heterocycles. The Morgan fingerprint density at radius 1 is 1.62 bits per heavy atom. The minimum atomic E-state index is -0.808. The number of carboxylic acids is 1. The van der Waals surface area contributed by atoms with Gasteiger partial charge in [-0.2, -0.15) is 5.10 Å². The van der Waals surface area contributed by atoms with Crippen molar-refractivity contribution in [3.8, 4) is 0 Å². The molecule has 0 radical (unpaired) electrons. The molecule has 0 atom stereocenters. The average molecular weight is 224 g/mol. The highest BCUT2D eigenvalue weighted by Crippen LogP contribution is 2.29. The van der Waals surface area contributed by atoms with Crippen molar-refractivity contribution in [2.45, 2.75) is 25.2 Å². The van der Waals surface area contributed by atoms with E-state index in [4.69, 9.17) is 9.84 Å². The summed E-state index contributed by atoms with van der Waals surface area (Å²) < 4.78 is 6.97. The van der Waals surface area contributed by atoms with E-state index >= 15 is 0 Å². The fourth-order valence-electron chi connectivity index (χ4n) is 2.19. The van der Waals surface area contributed by atoms with Crippen molar-refractivity contribution in [2.24, 2.45) is 7.05 Å². The monoisotopic (exact) mass is 224 g/mol. The molecule has 16 heavy (non-hydrogen) atoms. The third kappa shape index (κ3) is 2.24. The van der Waals surface area contributed by atoms with Crippen LogP contribution in [0.1, 0.15) is 30.0 Å². The van der Waals surface area contributed by atoms with Crippen molar-refractivity contribution in [2.75, 3.05) is 13.2 Å². The molecule has 0 bridgehead atoms. The molecule has 1 aromatic rings. The van der Waals surface area contributed by atoms with Crippen LogP contribution in [0.3, 0.4) is 0 Å². The van der Waals surface area contributed by atoms with Gasteiger partial charge in [0, 0.05) is 20.3 Å². The fraction of sp³-hybridized carbons (Fsp3) is 0.636. The van der Waals surface area contributed by atoms with Crippen LogP contribution >= 0.6 is 0 Å². The molecule has 0 unspecified atom stereocenters. The lowest BCUT2D eigenvalue weighted by Crippen LogP contribution is -2.16. The van der Waals surface area contributed by atoms with Gasteiger partial charge in [-0.05, 0) is 24.3 Å².